The zero-order valence-electron chi connectivity index (χ0n) is 20.3. The van der Waals surface area contributed by atoms with Gasteiger partial charge in [-0.3, -0.25) is 0 Å². The van der Waals surface area contributed by atoms with Crippen molar-refractivity contribution in [3.05, 3.63) is 64.7 Å². The maximum absolute atomic E-state index is 12.8. The van der Waals surface area contributed by atoms with Crippen molar-refractivity contribution in [2.75, 3.05) is 21.3 Å². The topological polar surface area (TPSA) is 78.4 Å². The van der Waals surface area contributed by atoms with Gasteiger partial charge in [-0.15, -0.1) is 0 Å². The van der Waals surface area contributed by atoms with Crippen LogP contribution >= 0.6 is 0 Å². The van der Waals surface area contributed by atoms with Crippen molar-refractivity contribution in [2.45, 2.75) is 45.3 Å². The monoisotopic (exact) mass is 452 g/mol. The second-order valence-corrected chi connectivity index (χ2v) is 8.79. The number of fused-ring (bicyclic) bond motifs is 1. The molecule has 0 heterocycles. The summed E-state index contributed by atoms with van der Waals surface area (Å²) >= 11 is 0. The smallest absolute Gasteiger partial charge is 0.408 e. The fourth-order valence-electron chi connectivity index (χ4n) is 4.01. The molecular formula is C26H32N2O5. The van der Waals surface area contributed by atoms with Gasteiger partial charge in [-0.05, 0) is 56.5 Å². The maximum atomic E-state index is 12.8. The number of carbonyl (C=O) groups excluding carboxylic acids is 1. The number of hydrogen-bond acceptors (Lipinski definition) is 6. The minimum atomic E-state index is -0.611. The molecule has 33 heavy (non-hydrogen) atoms. The first-order chi connectivity index (χ1) is 15.7. The minimum absolute atomic E-state index is 0.218. The Kier molecular flexibility index (Phi) is 7.31. The molecule has 1 N–H and O–H groups in total. The Bertz CT molecular complexity index is 1070. The van der Waals surface area contributed by atoms with E-state index >= 15 is 0 Å². The van der Waals surface area contributed by atoms with Crippen molar-refractivity contribution >= 4 is 17.9 Å². The van der Waals surface area contributed by atoms with Gasteiger partial charge in [0, 0.05) is 11.5 Å². The first-order valence-corrected chi connectivity index (χ1v) is 10.8. The van der Waals surface area contributed by atoms with Crippen molar-refractivity contribution in [2.24, 2.45) is 5.16 Å². The summed E-state index contributed by atoms with van der Waals surface area (Å²) in [6.07, 6.45) is 3.66. The second kappa shape index (κ2) is 9.98. The molecule has 0 spiro atoms. The molecule has 0 radical (unpaired) electrons. The molecule has 0 saturated carbocycles. The highest BCUT2D eigenvalue weighted by molar-refractivity contribution is 6.00. The molecule has 7 nitrogen and oxygen atoms in total. The van der Waals surface area contributed by atoms with Gasteiger partial charge < -0.3 is 24.4 Å². The van der Waals surface area contributed by atoms with Crippen LogP contribution in [0.2, 0.25) is 0 Å². The Morgan fingerprint density at radius 1 is 1.00 bits per heavy atom. The fourth-order valence-corrected chi connectivity index (χ4v) is 4.01. The molecular weight excluding hydrogens is 420 g/mol. The highest BCUT2D eigenvalue weighted by Gasteiger charge is 2.33. The van der Waals surface area contributed by atoms with Gasteiger partial charge in [-0.2, -0.15) is 0 Å². The molecule has 0 fully saturated rings. The van der Waals surface area contributed by atoms with E-state index in [0.29, 0.717) is 17.2 Å². The summed E-state index contributed by atoms with van der Waals surface area (Å²) in [5.74, 6) is 0.952. The van der Waals surface area contributed by atoms with Gasteiger partial charge in [0.05, 0.1) is 26.0 Å². The average molecular weight is 453 g/mol. The molecule has 1 unspecified atom stereocenters. The van der Waals surface area contributed by atoms with E-state index in [4.69, 9.17) is 19.0 Å². The molecule has 1 aliphatic carbocycles. The summed E-state index contributed by atoms with van der Waals surface area (Å²) in [5.41, 5.74) is 3.85. The fraction of sp³-hybridized carbons (Fsp3) is 0.385. The third-order valence-electron chi connectivity index (χ3n) is 5.38. The number of nitrogens with zero attached hydrogens (tertiary/aromatic N) is 1. The number of carbonyl (C=O) groups is 1. The molecule has 0 bridgehead atoms. The van der Waals surface area contributed by atoms with Crippen molar-refractivity contribution < 1.29 is 23.8 Å². The first kappa shape index (κ1) is 24.2. The summed E-state index contributed by atoms with van der Waals surface area (Å²) < 4.78 is 16.7. The van der Waals surface area contributed by atoms with E-state index in [2.05, 4.69) is 22.6 Å². The maximum Gasteiger partial charge on any atom is 0.408 e. The molecule has 7 heteroatoms. The number of rotatable bonds is 6. The van der Waals surface area contributed by atoms with Crippen molar-refractivity contribution in [1.82, 2.24) is 5.32 Å². The van der Waals surface area contributed by atoms with Gasteiger partial charge in [0.25, 0.3) is 0 Å². The number of amides is 1. The summed E-state index contributed by atoms with van der Waals surface area (Å²) in [5, 5.41) is 7.23. The van der Waals surface area contributed by atoms with Crippen LogP contribution in [0.5, 0.6) is 11.5 Å². The predicted octanol–water partition coefficient (Wildman–Crippen LogP) is 5.45. The van der Waals surface area contributed by atoms with Gasteiger partial charge in [-0.25, -0.2) is 4.79 Å². The van der Waals surface area contributed by atoms with Crippen molar-refractivity contribution in [3.8, 4) is 11.5 Å². The number of alkyl carbamates (subject to hydrolysis) is 1. The van der Waals surface area contributed by atoms with Gasteiger partial charge in [-0.1, -0.05) is 41.6 Å². The molecule has 1 amide bonds. The lowest BCUT2D eigenvalue weighted by Crippen LogP contribution is -2.38. The minimum Gasteiger partial charge on any atom is -0.493 e. The quantitative estimate of drug-likeness (QED) is 0.466. The Labute approximate surface area is 195 Å². The van der Waals surface area contributed by atoms with E-state index in [9.17, 15) is 4.79 Å². The molecule has 0 aromatic heterocycles. The van der Waals surface area contributed by atoms with Gasteiger partial charge >= 0.3 is 6.09 Å². The number of nitrogens with one attached hydrogen (secondary N) is 1. The molecule has 2 atom stereocenters. The predicted molar refractivity (Wildman–Crippen MR) is 129 cm³/mol. The lowest BCUT2D eigenvalue weighted by molar-refractivity contribution is 0.0499. The number of oxime groups is 1. The van der Waals surface area contributed by atoms with Crippen LogP contribution < -0.4 is 14.8 Å². The molecule has 2 aromatic carbocycles. The molecule has 3 rings (SSSR count). The SMILES string of the molecule is CO/N=C(\C)c1cc(OC)c(OC)cc1[C@H]1C=Cc2ccccc2C1NC(=O)OC(C)(C)C. The molecule has 176 valence electrons. The zero-order chi connectivity index (χ0) is 24.2. The van der Waals surface area contributed by atoms with E-state index in [1.165, 1.54) is 7.11 Å². The Morgan fingerprint density at radius 3 is 2.30 bits per heavy atom. The number of hydrogen-bond donors (Lipinski definition) is 1. The summed E-state index contributed by atoms with van der Waals surface area (Å²) in [7, 11) is 4.70. The third kappa shape index (κ3) is 5.48. The normalized spacial score (nSPS) is 17.7. The Hall–Kier alpha value is -3.48. The van der Waals surface area contributed by atoms with Crippen LogP contribution in [0.1, 0.15) is 61.9 Å². The van der Waals surface area contributed by atoms with E-state index < -0.39 is 11.7 Å². The van der Waals surface area contributed by atoms with Crippen molar-refractivity contribution in [1.29, 1.82) is 0 Å². The largest absolute Gasteiger partial charge is 0.493 e. The summed E-state index contributed by atoms with van der Waals surface area (Å²) in [4.78, 5) is 17.9. The standard InChI is InChI=1S/C26H32N2O5/c1-16(28-32-7)20-14-22(30-5)23(31-6)15-21(20)19-13-12-17-10-8-9-11-18(17)24(19)27-25(29)33-26(2,3)4/h8-15,19,24H,1-7H3,(H,27,29)/b28-16+/t19-,24?/m1/s1. The number of ether oxygens (including phenoxy) is 3. The lowest BCUT2D eigenvalue weighted by Gasteiger charge is -2.33. The van der Waals surface area contributed by atoms with Crippen LogP contribution in [-0.4, -0.2) is 38.7 Å². The van der Waals surface area contributed by atoms with Gasteiger partial charge in [0.2, 0.25) is 0 Å². The summed E-state index contributed by atoms with van der Waals surface area (Å²) in [6, 6.07) is 11.4. The van der Waals surface area contributed by atoms with Gasteiger partial charge in [0.1, 0.15) is 12.7 Å². The third-order valence-corrected chi connectivity index (χ3v) is 5.38. The molecule has 1 aliphatic rings. The van der Waals surface area contributed by atoms with Crippen LogP contribution in [-0.2, 0) is 9.57 Å². The Morgan fingerprint density at radius 2 is 1.67 bits per heavy atom. The molecule has 0 saturated heterocycles. The van der Waals surface area contributed by atoms with Crippen molar-refractivity contribution in [3.63, 3.8) is 0 Å². The highest BCUT2D eigenvalue weighted by atomic mass is 16.6. The first-order valence-electron chi connectivity index (χ1n) is 10.8. The van der Waals surface area contributed by atoms with E-state index in [1.54, 1.807) is 14.2 Å². The number of methoxy groups -OCH3 is 2. The zero-order valence-corrected chi connectivity index (χ0v) is 20.3. The average Bonchev–Trinajstić information content (AvgIpc) is 2.77. The van der Waals surface area contributed by atoms with Crippen LogP contribution in [0.25, 0.3) is 6.08 Å². The van der Waals surface area contributed by atoms with Crippen LogP contribution in [0.3, 0.4) is 0 Å². The lowest BCUT2D eigenvalue weighted by atomic mass is 9.78. The van der Waals surface area contributed by atoms with Crippen LogP contribution in [0, 0.1) is 0 Å². The van der Waals surface area contributed by atoms with Crippen LogP contribution in [0.4, 0.5) is 4.79 Å². The summed E-state index contributed by atoms with van der Waals surface area (Å²) in [6.45, 7) is 7.40. The van der Waals surface area contributed by atoms with Gasteiger partial charge in [0.15, 0.2) is 11.5 Å². The Balaban J connectivity index is 2.16. The second-order valence-electron chi connectivity index (χ2n) is 8.79. The van der Waals surface area contributed by atoms with E-state index in [1.807, 2.05) is 64.1 Å². The highest BCUT2D eigenvalue weighted by Crippen LogP contribution is 2.43. The van der Waals surface area contributed by atoms with Crippen LogP contribution in [0.15, 0.2) is 47.6 Å². The molecule has 0 aliphatic heterocycles. The van der Waals surface area contributed by atoms with E-state index in [0.717, 1.165) is 22.3 Å². The molecule has 2 aromatic rings. The van der Waals surface area contributed by atoms with E-state index in [-0.39, 0.29) is 12.0 Å². The number of benzene rings is 2.